The number of rotatable bonds is 5. The summed E-state index contributed by atoms with van der Waals surface area (Å²) in [5, 5.41) is 2.94. The van der Waals surface area contributed by atoms with Gasteiger partial charge in [-0.3, -0.25) is 14.8 Å². The number of pyridine rings is 1. The molecular weight excluding hydrogens is 374 g/mol. The average Bonchev–Trinajstić information content (AvgIpc) is 3.13. The van der Waals surface area contributed by atoms with Crippen LogP contribution in [-0.4, -0.2) is 43.8 Å². The SMILES string of the molecule is Cc1nc(CC(=O)N2CCC[C@H](c3cncc(Oc4cccnc4)n3)C2)cs1. The fourth-order valence-electron chi connectivity index (χ4n) is 3.34. The van der Waals surface area contributed by atoms with E-state index in [9.17, 15) is 4.79 Å². The van der Waals surface area contributed by atoms with E-state index in [0.717, 1.165) is 35.8 Å². The molecule has 0 unspecified atom stereocenters. The van der Waals surface area contributed by atoms with Crippen molar-refractivity contribution in [3.63, 3.8) is 0 Å². The molecule has 1 amide bonds. The highest BCUT2D eigenvalue weighted by molar-refractivity contribution is 7.09. The zero-order chi connectivity index (χ0) is 19.3. The Hall–Kier alpha value is -2.87. The van der Waals surface area contributed by atoms with Gasteiger partial charge in [0.05, 0.1) is 35.2 Å². The van der Waals surface area contributed by atoms with E-state index in [1.807, 2.05) is 23.3 Å². The lowest BCUT2D eigenvalue weighted by Crippen LogP contribution is -2.40. The van der Waals surface area contributed by atoms with Crippen LogP contribution in [0.1, 0.15) is 35.2 Å². The van der Waals surface area contributed by atoms with Crippen LogP contribution in [0.15, 0.2) is 42.3 Å². The number of hydrogen-bond donors (Lipinski definition) is 0. The van der Waals surface area contributed by atoms with Crippen molar-refractivity contribution in [1.82, 2.24) is 24.8 Å². The molecule has 144 valence electrons. The van der Waals surface area contributed by atoms with Crippen LogP contribution in [0, 0.1) is 6.92 Å². The molecule has 1 atom stereocenters. The van der Waals surface area contributed by atoms with E-state index in [2.05, 4.69) is 19.9 Å². The van der Waals surface area contributed by atoms with Crippen LogP contribution in [0.4, 0.5) is 0 Å². The van der Waals surface area contributed by atoms with E-state index in [1.54, 1.807) is 42.2 Å². The summed E-state index contributed by atoms with van der Waals surface area (Å²) in [6, 6.07) is 3.63. The van der Waals surface area contributed by atoms with Gasteiger partial charge < -0.3 is 9.64 Å². The lowest BCUT2D eigenvalue weighted by atomic mass is 9.94. The van der Waals surface area contributed by atoms with Crippen LogP contribution in [0.2, 0.25) is 0 Å². The molecule has 0 aromatic carbocycles. The molecule has 0 bridgehead atoms. The number of carbonyl (C=O) groups is 1. The Balaban J connectivity index is 1.42. The van der Waals surface area contributed by atoms with Crippen LogP contribution < -0.4 is 4.74 Å². The molecule has 1 aliphatic rings. The van der Waals surface area contributed by atoms with Crippen LogP contribution >= 0.6 is 11.3 Å². The van der Waals surface area contributed by atoms with Crippen molar-refractivity contribution in [2.45, 2.75) is 32.1 Å². The number of carbonyl (C=O) groups excluding carboxylic acids is 1. The quantitative estimate of drug-likeness (QED) is 0.659. The van der Waals surface area contributed by atoms with Crippen molar-refractivity contribution < 1.29 is 9.53 Å². The molecule has 3 aromatic heterocycles. The van der Waals surface area contributed by atoms with Crippen LogP contribution in [-0.2, 0) is 11.2 Å². The second kappa shape index (κ2) is 8.43. The molecule has 7 nitrogen and oxygen atoms in total. The largest absolute Gasteiger partial charge is 0.436 e. The first-order chi connectivity index (χ1) is 13.7. The van der Waals surface area contributed by atoms with Crippen molar-refractivity contribution in [2.75, 3.05) is 13.1 Å². The third-order valence-corrected chi connectivity index (χ3v) is 5.50. The van der Waals surface area contributed by atoms with E-state index in [-0.39, 0.29) is 11.8 Å². The summed E-state index contributed by atoms with van der Waals surface area (Å²) in [7, 11) is 0. The van der Waals surface area contributed by atoms with Gasteiger partial charge in [-0.05, 0) is 31.9 Å². The molecule has 1 fully saturated rings. The van der Waals surface area contributed by atoms with E-state index in [0.29, 0.717) is 24.6 Å². The number of likely N-dealkylation sites (tertiary alicyclic amines) is 1. The monoisotopic (exact) mass is 395 g/mol. The minimum atomic E-state index is 0.116. The van der Waals surface area contributed by atoms with Crippen LogP contribution in [0.3, 0.4) is 0 Å². The molecule has 4 heterocycles. The zero-order valence-electron chi connectivity index (χ0n) is 15.6. The van der Waals surface area contributed by atoms with Crippen molar-refractivity contribution in [3.8, 4) is 11.6 Å². The Kier molecular flexibility index (Phi) is 5.57. The number of nitrogens with zero attached hydrogens (tertiary/aromatic N) is 5. The number of ether oxygens (including phenoxy) is 1. The molecule has 0 N–H and O–H groups in total. The fraction of sp³-hybridized carbons (Fsp3) is 0.350. The fourth-order valence-corrected chi connectivity index (χ4v) is 3.95. The van der Waals surface area contributed by atoms with Crippen molar-refractivity contribution in [3.05, 3.63) is 58.7 Å². The Morgan fingerprint density at radius 3 is 3.00 bits per heavy atom. The van der Waals surface area contributed by atoms with E-state index >= 15 is 0 Å². The standard InChI is InChI=1S/C20H21N5O2S/c1-14-23-16(13-28-14)8-20(26)25-7-3-4-15(12-25)18-10-22-11-19(24-18)27-17-5-2-6-21-9-17/h2,5-6,9-11,13,15H,3-4,7-8,12H2,1H3/t15-/m0/s1. The lowest BCUT2D eigenvalue weighted by molar-refractivity contribution is -0.131. The Morgan fingerprint density at radius 2 is 2.21 bits per heavy atom. The van der Waals surface area contributed by atoms with Gasteiger partial charge in [-0.15, -0.1) is 11.3 Å². The molecule has 1 aliphatic heterocycles. The van der Waals surface area contributed by atoms with Gasteiger partial charge in [-0.1, -0.05) is 0 Å². The maximum absolute atomic E-state index is 12.7. The summed E-state index contributed by atoms with van der Waals surface area (Å²) < 4.78 is 5.74. The molecule has 8 heteroatoms. The Labute approximate surface area is 167 Å². The number of thiazole rings is 1. The molecular formula is C20H21N5O2S. The summed E-state index contributed by atoms with van der Waals surface area (Å²) in [4.78, 5) is 31.9. The van der Waals surface area contributed by atoms with E-state index in [4.69, 9.17) is 4.74 Å². The maximum Gasteiger partial charge on any atom is 0.238 e. The van der Waals surface area contributed by atoms with Gasteiger partial charge in [0.1, 0.15) is 5.75 Å². The predicted octanol–water partition coefficient (Wildman–Crippen LogP) is 3.38. The number of aryl methyl sites for hydroxylation is 1. The molecule has 0 saturated carbocycles. The molecule has 0 aliphatic carbocycles. The molecule has 0 radical (unpaired) electrons. The number of piperidine rings is 1. The van der Waals surface area contributed by atoms with Gasteiger partial charge in [-0.2, -0.15) is 0 Å². The van der Waals surface area contributed by atoms with Crippen molar-refractivity contribution in [1.29, 1.82) is 0 Å². The van der Waals surface area contributed by atoms with Gasteiger partial charge in [0.2, 0.25) is 11.8 Å². The highest BCUT2D eigenvalue weighted by Crippen LogP contribution is 2.27. The molecule has 28 heavy (non-hydrogen) atoms. The van der Waals surface area contributed by atoms with E-state index < -0.39 is 0 Å². The smallest absolute Gasteiger partial charge is 0.238 e. The third kappa shape index (κ3) is 4.51. The van der Waals surface area contributed by atoms with E-state index in [1.165, 1.54) is 0 Å². The molecule has 1 saturated heterocycles. The minimum absolute atomic E-state index is 0.116. The van der Waals surface area contributed by atoms with Gasteiger partial charge in [0.25, 0.3) is 0 Å². The second-order valence-electron chi connectivity index (χ2n) is 6.79. The van der Waals surface area contributed by atoms with Crippen LogP contribution in [0.25, 0.3) is 0 Å². The summed E-state index contributed by atoms with van der Waals surface area (Å²) >= 11 is 1.57. The number of hydrogen-bond acceptors (Lipinski definition) is 7. The van der Waals surface area contributed by atoms with Crippen molar-refractivity contribution >= 4 is 17.2 Å². The molecule has 0 spiro atoms. The van der Waals surface area contributed by atoms with Gasteiger partial charge >= 0.3 is 0 Å². The van der Waals surface area contributed by atoms with Gasteiger partial charge in [0.15, 0.2) is 0 Å². The first-order valence-electron chi connectivity index (χ1n) is 9.26. The highest BCUT2D eigenvalue weighted by atomic mass is 32.1. The maximum atomic E-state index is 12.7. The number of amides is 1. The Morgan fingerprint density at radius 1 is 1.29 bits per heavy atom. The average molecular weight is 395 g/mol. The summed E-state index contributed by atoms with van der Waals surface area (Å²) in [5.41, 5.74) is 1.70. The summed E-state index contributed by atoms with van der Waals surface area (Å²) in [6.45, 7) is 3.37. The van der Waals surface area contributed by atoms with Gasteiger partial charge in [-0.25, -0.2) is 9.97 Å². The predicted molar refractivity (Wildman–Crippen MR) is 105 cm³/mol. The molecule has 3 aromatic rings. The zero-order valence-corrected chi connectivity index (χ0v) is 16.4. The summed E-state index contributed by atoms with van der Waals surface area (Å²) in [6.07, 6.45) is 8.95. The minimum Gasteiger partial charge on any atom is -0.436 e. The molecule has 4 rings (SSSR count). The summed E-state index contributed by atoms with van der Waals surface area (Å²) in [5.74, 6) is 1.32. The third-order valence-electron chi connectivity index (χ3n) is 4.68. The van der Waals surface area contributed by atoms with Gasteiger partial charge in [0, 0.05) is 36.8 Å². The Bertz CT molecular complexity index is 947. The normalized spacial score (nSPS) is 16.8. The second-order valence-corrected chi connectivity index (χ2v) is 7.85. The highest BCUT2D eigenvalue weighted by Gasteiger charge is 2.26. The van der Waals surface area contributed by atoms with Crippen molar-refractivity contribution in [2.24, 2.45) is 0 Å². The first kappa shape index (κ1) is 18.5. The first-order valence-corrected chi connectivity index (χ1v) is 10.1. The lowest BCUT2D eigenvalue weighted by Gasteiger charge is -2.32. The number of aromatic nitrogens is 4. The van der Waals surface area contributed by atoms with Crippen LogP contribution in [0.5, 0.6) is 11.6 Å². The topological polar surface area (TPSA) is 81.1 Å².